The first-order chi connectivity index (χ1) is 17.1. The van der Waals surface area contributed by atoms with E-state index in [4.69, 9.17) is 14.2 Å². The van der Waals surface area contributed by atoms with E-state index in [2.05, 4.69) is 30.9 Å². The fraction of sp³-hybridized carbons (Fsp3) is 0.267. The molecule has 0 radical (unpaired) electrons. The van der Waals surface area contributed by atoms with Gasteiger partial charge < -0.3 is 14.2 Å². The largest absolute Gasteiger partial charge is 0.494 e. The fourth-order valence-electron chi connectivity index (χ4n) is 4.30. The third-order valence-electron chi connectivity index (χ3n) is 6.08. The van der Waals surface area contributed by atoms with E-state index in [1.54, 1.807) is 24.3 Å². The lowest BCUT2D eigenvalue weighted by Gasteiger charge is -2.25. The summed E-state index contributed by atoms with van der Waals surface area (Å²) in [6, 6.07) is 19.4. The lowest BCUT2D eigenvalue weighted by Crippen LogP contribution is -2.15. The second-order valence-corrected chi connectivity index (χ2v) is 8.62. The number of rotatable bonds is 11. The summed E-state index contributed by atoms with van der Waals surface area (Å²) in [7, 11) is 0. The zero-order valence-corrected chi connectivity index (χ0v) is 20.0. The number of benzene rings is 3. The molecule has 3 aromatic rings. The Kier molecular flexibility index (Phi) is 7.99. The Bertz CT molecular complexity index is 1230. The molecule has 1 atom stereocenters. The molecule has 0 aliphatic heterocycles. The molecule has 0 saturated heterocycles. The smallest absolute Gasteiger partial charge is 0.339 e. The van der Waals surface area contributed by atoms with Gasteiger partial charge in [0.25, 0.3) is 0 Å². The van der Waals surface area contributed by atoms with Crippen molar-refractivity contribution in [2.45, 2.75) is 38.7 Å². The molecule has 1 aliphatic rings. The van der Waals surface area contributed by atoms with Gasteiger partial charge in [-0.05, 0) is 78.8 Å². The van der Waals surface area contributed by atoms with Crippen LogP contribution in [0, 0.1) is 0 Å². The van der Waals surface area contributed by atoms with Crippen LogP contribution in [-0.4, -0.2) is 25.2 Å². The van der Waals surface area contributed by atoms with Crippen molar-refractivity contribution in [2.75, 3.05) is 13.2 Å². The van der Waals surface area contributed by atoms with Gasteiger partial charge in [0, 0.05) is 11.6 Å². The summed E-state index contributed by atoms with van der Waals surface area (Å²) in [5.74, 6) is -0.0227. The Morgan fingerprint density at radius 1 is 0.914 bits per heavy atom. The molecule has 0 saturated carbocycles. The molecule has 1 aliphatic carbocycles. The van der Waals surface area contributed by atoms with E-state index in [1.807, 2.05) is 25.1 Å². The van der Waals surface area contributed by atoms with Crippen LogP contribution in [0.1, 0.15) is 60.2 Å². The van der Waals surface area contributed by atoms with Crippen LogP contribution in [0.2, 0.25) is 0 Å². The normalized spacial score (nSPS) is 14.2. The first-order valence-electron chi connectivity index (χ1n) is 12.0. The van der Waals surface area contributed by atoms with Gasteiger partial charge in [0.15, 0.2) is 0 Å². The molecular formula is C30H30O5. The molecule has 3 aromatic carbocycles. The van der Waals surface area contributed by atoms with Crippen LogP contribution in [0.4, 0.5) is 0 Å². The van der Waals surface area contributed by atoms with Gasteiger partial charge in [-0.1, -0.05) is 49.1 Å². The van der Waals surface area contributed by atoms with Gasteiger partial charge >= 0.3 is 11.9 Å². The van der Waals surface area contributed by atoms with Crippen molar-refractivity contribution in [3.8, 4) is 5.75 Å². The minimum absolute atomic E-state index is 0.358. The topological polar surface area (TPSA) is 61.8 Å². The zero-order chi connectivity index (χ0) is 24.6. The van der Waals surface area contributed by atoms with Crippen molar-refractivity contribution in [2.24, 2.45) is 0 Å². The van der Waals surface area contributed by atoms with Crippen LogP contribution in [-0.2, 0) is 14.3 Å². The van der Waals surface area contributed by atoms with Crippen molar-refractivity contribution in [1.82, 2.24) is 0 Å². The molecule has 0 amide bonds. The van der Waals surface area contributed by atoms with Crippen molar-refractivity contribution in [1.29, 1.82) is 0 Å². The van der Waals surface area contributed by atoms with E-state index in [0.717, 1.165) is 53.2 Å². The number of hydrogen-bond donors (Lipinski definition) is 0. The van der Waals surface area contributed by atoms with Crippen molar-refractivity contribution in [3.63, 3.8) is 0 Å². The van der Waals surface area contributed by atoms with Gasteiger partial charge in [-0.3, -0.25) is 0 Å². The lowest BCUT2D eigenvalue weighted by molar-refractivity contribution is -0.137. The predicted octanol–water partition coefficient (Wildman–Crippen LogP) is 6.82. The minimum atomic E-state index is -0.405. The van der Waals surface area contributed by atoms with E-state index in [-0.39, 0.29) is 11.9 Å². The minimum Gasteiger partial charge on any atom is -0.494 e. The van der Waals surface area contributed by atoms with Crippen molar-refractivity contribution >= 4 is 28.8 Å². The quantitative estimate of drug-likeness (QED) is 0.175. The number of carbonyl (C=O) groups is 2. The van der Waals surface area contributed by atoms with E-state index < -0.39 is 6.10 Å². The van der Waals surface area contributed by atoms with E-state index in [9.17, 15) is 9.59 Å². The molecular weight excluding hydrogens is 440 g/mol. The number of ether oxygens (including phenoxy) is 3. The highest BCUT2D eigenvalue weighted by Gasteiger charge is 2.25. The Hall–Kier alpha value is -3.86. The number of carbonyl (C=O) groups excluding carboxylic acids is 2. The maximum absolute atomic E-state index is 12.9. The summed E-state index contributed by atoms with van der Waals surface area (Å²) in [6.45, 7) is 6.37. The molecule has 0 fully saturated rings. The molecule has 4 rings (SSSR count). The second kappa shape index (κ2) is 11.5. The third kappa shape index (κ3) is 5.99. The molecule has 0 N–H and O–H groups in total. The number of hydrogen-bond acceptors (Lipinski definition) is 5. The molecule has 0 heterocycles. The molecule has 180 valence electrons. The second-order valence-electron chi connectivity index (χ2n) is 8.62. The highest BCUT2D eigenvalue weighted by atomic mass is 16.5. The highest BCUT2D eigenvalue weighted by Crippen LogP contribution is 2.39. The van der Waals surface area contributed by atoms with Crippen molar-refractivity contribution in [3.05, 3.63) is 95.6 Å². The summed E-state index contributed by atoms with van der Waals surface area (Å²) in [6.07, 6.45) is 6.54. The lowest BCUT2D eigenvalue weighted by atomic mass is 9.87. The molecule has 0 bridgehead atoms. The average Bonchev–Trinajstić information content (AvgIpc) is 2.88. The summed E-state index contributed by atoms with van der Waals surface area (Å²) < 4.78 is 16.7. The highest BCUT2D eigenvalue weighted by molar-refractivity contribution is 5.97. The van der Waals surface area contributed by atoms with Gasteiger partial charge in [0.05, 0.1) is 18.8 Å². The molecule has 0 spiro atoms. The van der Waals surface area contributed by atoms with Gasteiger partial charge in [-0.2, -0.15) is 0 Å². The molecule has 35 heavy (non-hydrogen) atoms. The summed E-state index contributed by atoms with van der Waals surface area (Å²) in [5.41, 5.74) is 3.67. The van der Waals surface area contributed by atoms with Gasteiger partial charge in [-0.25, -0.2) is 9.59 Å². The summed E-state index contributed by atoms with van der Waals surface area (Å²) in [4.78, 5) is 23.9. The summed E-state index contributed by atoms with van der Waals surface area (Å²) >= 11 is 0. The number of unbranched alkanes of at least 4 members (excludes halogenated alkanes) is 3. The van der Waals surface area contributed by atoms with E-state index in [1.165, 1.54) is 6.08 Å². The maximum Gasteiger partial charge on any atom is 0.339 e. The van der Waals surface area contributed by atoms with Crippen LogP contribution in [0.25, 0.3) is 16.8 Å². The molecule has 5 heteroatoms. The maximum atomic E-state index is 12.9. The Labute approximate surface area is 206 Å². The van der Waals surface area contributed by atoms with Crippen molar-refractivity contribution < 1.29 is 23.8 Å². The van der Waals surface area contributed by atoms with Gasteiger partial charge in [-0.15, -0.1) is 0 Å². The third-order valence-corrected chi connectivity index (χ3v) is 6.08. The predicted molar refractivity (Wildman–Crippen MR) is 137 cm³/mol. The number of esters is 2. The fourth-order valence-corrected chi connectivity index (χ4v) is 4.30. The van der Waals surface area contributed by atoms with E-state index >= 15 is 0 Å². The van der Waals surface area contributed by atoms with Crippen LogP contribution in [0.15, 0.2) is 78.9 Å². The standard InChI is InChI=1S/C30H30O5/c1-3-27(31)34-19-7-5-4-6-18-33-25-16-14-23(15-17-25)30(32)35-29-21(2)20-24-12-8-10-22-11-9-13-26(29)28(22)24/h3,8-17,20,29H,1,4-7,18-19H2,2H3. The van der Waals surface area contributed by atoms with Gasteiger partial charge in [0.1, 0.15) is 11.9 Å². The molecule has 5 nitrogen and oxygen atoms in total. The van der Waals surface area contributed by atoms with Crippen LogP contribution in [0.5, 0.6) is 5.75 Å². The van der Waals surface area contributed by atoms with Crippen LogP contribution >= 0.6 is 0 Å². The summed E-state index contributed by atoms with van der Waals surface area (Å²) in [5, 5.41) is 2.28. The monoisotopic (exact) mass is 470 g/mol. The molecule has 1 unspecified atom stereocenters. The average molecular weight is 471 g/mol. The van der Waals surface area contributed by atoms with Crippen LogP contribution < -0.4 is 4.74 Å². The van der Waals surface area contributed by atoms with Gasteiger partial charge in [0.2, 0.25) is 0 Å². The zero-order valence-electron chi connectivity index (χ0n) is 20.0. The first-order valence-corrected chi connectivity index (χ1v) is 12.0. The Morgan fingerprint density at radius 2 is 1.63 bits per heavy atom. The molecule has 0 aromatic heterocycles. The SMILES string of the molecule is C=CC(=O)OCCCCCCOc1ccc(C(=O)OC2C(C)=Cc3cccc4cccc2c34)cc1. The first kappa shape index (κ1) is 24.3. The Balaban J connectivity index is 1.27. The van der Waals surface area contributed by atoms with Crippen LogP contribution in [0.3, 0.4) is 0 Å². The Morgan fingerprint density at radius 3 is 2.37 bits per heavy atom. The van der Waals surface area contributed by atoms with E-state index in [0.29, 0.717) is 24.5 Å².